The number of carbonyl (C=O) groups is 1. The van der Waals surface area contributed by atoms with Gasteiger partial charge in [0, 0.05) is 23.0 Å². The Hall–Kier alpha value is -3.25. The molecule has 32 heavy (non-hydrogen) atoms. The van der Waals surface area contributed by atoms with Crippen LogP contribution in [0, 0.1) is 12.7 Å². The zero-order valence-corrected chi connectivity index (χ0v) is 18.9. The molecule has 6 heteroatoms. The Morgan fingerprint density at radius 2 is 1.97 bits per heavy atom. The lowest BCUT2D eigenvalue weighted by molar-refractivity contribution is -0.115. The van der Waals surface area contributed by atoms with Gasteiger partial charge >= 0.3 is 0 Å². The quantitative estimate of drug-likeness (QED) is 0.407. The van der Waals surface area contributed by atoms with Crippen molar-refractivity contribution < 1.29 is 9.18 Å². The molecule has 1 N–H and O–H groups in total. The molecule has 0 aliphatic carbocycles. The standard InChI is InChI=1S/C26H24FN3OS/c1-16-3-11-22-24(13-16)32-26(29-22)18-6-9-21(10-7-18)28-25(31)15-30-17(2)4-5-19-14-20(27)8-12-23(19)30/h3,6-14,17H,4-5,15H2,1-2H3,(H,28,31). The molecule has 1 aliphatic rings. The number of hydrogen-bond donors (Lipinski definition) is 1. The van der Waals surface area contributed by atoms with Crippen molar-refractivity contribution in [2.75, 3.05) is 16.8 Å². The van der Waals surface area contributed by atoms with Crippen molar-refractivity contribution in [2.45, 2.75) is 32.7 Å². The highest BCUT2D eigenvalue weighted by Gasteiger charge is 2.25. The Balaban J connectivity index is 1.29. The molecule has 1 aliphatic heterocycles. The summed E-state index contributed by atoms with van der Waals surface area (Å²) in [6.07, 6.45) is 1.74. The second kappa shape index (κ2) is 8.36. The van der Waals surface area contributed by atoms with Crippen molar-refractivity contribution in [3.63, 3.8) is 0 Å². The van der Waals surface area contributed by atoms with Crippen molar-refractivity contribution in [1.82, 2.24) is 4.98 Å². The summed E-state index contributed by atoms with van der Waals surface area (Å²) in [6, 6.07) is 19.1. The number of carbonyl (C=O) groups excluding carboxylic acids is 1. The van der Waals surface area contributed by atoms with Crippen LogP contribution in [0.4, 0.5) is 15.8 Å². The summed E-state index contributed by atoms with van der Waals surface area (Å²) in [5.41, 5.74) is 5.92. The number of aryl methyl sites for hydroxylation is 2. The van der Waals surface area contributed by atoms with Crippen LogP contribution in [0.1, 0.15) is 24.5 Å². The van der Waals surface area contributed by atoms with Crippen molar-refractivity contribution >= 4 is 38.8 Å². The SMILES string of the molecule is Cc1ccc2nc(-c3ccc(NC(=O)CN4c5ccc(F)cc5CCC4C)cc3)sc2c1. The van der Waals surface area contributed by atoms with Crippen LogP contribution in [0.5, 0.6) is 0 Å². The number of rotatable bonds is 4. The van der Waals surface area contributed by atoms with Crippen LogP contribution in [0.3, 0.4) is 0 Å². The van der Waals surface area contributed by atoms with Gasteiger partial charge in [0.1, 0.15) is 10.8 Å². The van der Waals surface area contributed by atoms with E-state index in [0.29, 0.717) is 0 Å². The highest BCUT2D eigenvalue weighted by Crippen LogP contribution is 2.32. The predicted octanol–water partition coefficient (Wildman–Crippen LogP) is 6.19. The lowest BCUT2D eigenvalue weighted by Crippen LogP contribution is -2.42. The summed E-state index contributed by atoms with van der Waals surface area (Å²) in [4.78, 5) is 19.6. The van der Waals surface area contributed by atoms with Gasteiger partial charge in [-0.15, -0.1) is 11.3 Å². The first kappa shape index (κ1) is 20.6. The van der Waals surface area contributed by atoms with Gasteiger partial charge in [-0.05, 0) is 92.4 Å². The van der Waals surface area contributed by atoms with Crippen LogP contribution < -0.4 is 10.2 Å². The van der Waals surface area contributed by atoms with E-state index in [2.05, 4.69) is 36.2 Å². The average molecular weight is 446 g/mol. The van der Waals surface area contributed by atoms with Crippen molar-refractivity contribution in [3.05, 3.63) is 77.6 Å². The molecule has 2 heterocycles. The predicted molar refractivity (Wildman–Crippen MR) is 130 cm³/mol. The van der Waals surface area contributed by atoms with Crippen LogP contribution in [0.2, 0.25) is 0 Å². The second-order valence-electron chi connectivity index (χ2n) is 8.40. The monoisotopic (exact) mass is 445 g/mol. The van der Waals surface area contributed by atoms with Gasteiger partial charge in [0.2, 0.25) is 5.91 Å². The maximum atomic E-state index is 13.6. The fourth-order valence-corrected chi connectivity index (χ4v) is 5.31. The van der Waals surface area contributed by atoms with E-state index < -0.39 is 0 Å². The molecule has 1 unspecified atom stereocenters. The number of anilines is 2. The van der Waals surface area contributed by atoms with Crippen molar-refractivity contribution in [3.8, 4) is 10.6 Å². The minimum absolute atomic E-state index is 0.0859. The van der Waals surface area contributed by atoms with E-state index in [1.165, 1.54) is 16.3 Å². The summed E-state index contributed by atoms with van der Waals surface area (Å²) < 4.78 is 14.8. The highest BCUT2D eigenvalue weighted by atomic mass is 32.1. The molecule has 0 saturated heterocycles. The summed E-state index contributed by atoms with van der Waals surface area (Å²) in [7, 11) is 0. The Bertz CT molecular complexity index is 1300. The number of hydrogen-bond acceptors (Lipinski definition) is 4. The maximum Gasteiger partial charge on any atom is 0.243 e. The maximum absolute atomic E-state index is 13.6. The first-order valence-electron chi connectivity index (χ1n) is 10.8. The third-order valence-electron chi connectivity index (χ3n) is 5.99. The van der Waals surface area contributed by atoms with E-state index in [-0.39, 0.29) is 24.3 Å². The molecular formula is C26H24FN3OS. The van der Waals surface area contributed by atoms with Gasteiger partial charge in [0.25, 0.3) is 0 Å². The van der Waals surface area contributed by atoms with Gasteiger partial charge in [0.15, 0.2) is 0 Å². The molecule has 4 aromatic rings. The van der Waals surface area contributed by atoms with Crippen molar-refractivity contribution in [1.29, 1.82) is 0 Å². The number of benzene rings is 3. The Morgan fingerprint density at radius 3 is 2.78 bits per heavy atom. The summed E-state index contributed by atoms with van der Waals surface area (Å²) >= 11 is 1.67. The molecule has 1 atom stereocenters. The number of nitrogens with zero attached hydrogens (tertiary/aromatic N) is 2. The Labute approximate surface area is 190 Å². The molecule has 1 aromatic heterocycles. The second-order valence-corrected chi connectivity index (χ2v) is 9.44. The van der Waals surface area contributed by atoms with Crippen LogP contribution in [0.15, 0.2) is 60.7 Å². The zero-order valence-electron chi connectivity index (χ0n) is 18.1. The lowest BCUT2D eigenvalue weighted by atomic mass is 9.96. The largest absolute Gasteiger partial charge is 0.359 e. The summed E-state index contributed by atoms with van der Waals surface area (Å²) in [6.45, 7) is 4.42. The lowest BCUT2D eigenvalue weighted by Gasteiger charge is -2.36. The van der Waals surface area contributed by atoms with E-state index in [4.69, 9.17) is 4.98 Å². The van der Waals surface area contributed by atoms with Gasteiger partial charge < -0.3 is 10.2 Å². The van der Waals surface area contributed by atoms with Crippen molar-refractivity contribution in [2.24, 2.45) is 0 Å². The zero-order chi connectivity index (χ0) is 22.2. The number of amides is 1. The average Bonchev–Trinajstić information content (AvgIpc) is 3.19. The van der Waals surface area contributed by atoms with Gasteiger partial charge in [-0.3, -0.25) is 4.79 Å². The molecule has 162 valence electrons. The summed E-state index contributed by atoms with van der Waals surface area (Å²) in [5.74, 6) is -0.316. The number of aromatic nitrogens is 1. The van der Waals surface area contributed by atoms with Crippen LogP contribution >= 0.6 is 11.3 Å². The molecule has 1 amide bonds. The minimum atomic E-state index is -0.231. The van der Waals surface area contributed by atoms with Gasteiger partial charge in [-0.2, -0.15) is 0 Å². The molecule has 0 spiro atoms. The molecule has 4 nitrogen and oxygen atoms in total. The van der Waals surface area contributed by atoms with E-state index in [9.17, 15) is 9.18 Å². The molecule has 0 radical (unpaired) electrons. The molecule has 3 aromatic carbocycles. The first-order chi connectivity index (χ1) is 15.5. The number of halogens is 1. The highest BCUT2D eigenvalue weighted by molar-refractivity contribution is 7.21. The topological polar surface area (TPSA) is 45.2 Å². The van der Waals surface area contributed by atoms with Gasteiger partial charge in [0.05, 0.1) is 16.8 Å². The first-order valence-corrected chi connectivity index (χ1v) is 11.6. The molecule has 0 bridgehead atoms. The molecule has 0 fully saturated rings. The fourth-order valence-electron chi connectivity index (χ4n) is 4.24. The van der Waals surface area contributed by atoms with Crippen LogP contribution in [-0.4, -0.2) is 23.5 Å². The molecular weight excluding hydrogens is 421 g/mol. The fraction of sp³-hybridized carbons (Fsp3) is 0.231. The Kier molecular flexibility index (Phi) is 5.39. The normalized spacial score (nSPS) is 15.6. The third kappa shape index (κ3) is 4.10. The Morgan fingerprint density at radius 1 is 1.16 bits per heavy atom. The van der Waals surface area contributed by atoms with Crippen LogP contribution in [0.25, 0.3) is 20.8 Å². The summed E-state index contributed by atoms with van der Waals surface area (Å²) in [5, 5.41) is 3.96. The van der Waals surface area contributed by atoms with E-state index >= 15 is 0 Å². The smallest absolute Gasteiger partial charge is 0.243 e. The van der Waals surface area contributed by atoms with E-state index in [0.717, 1.165) is 45.9 Å². The van der Waals surface area contributed by atoms with E-state index in [1.807, 2.05) is 30.3 Å². The number of nitrogens with one attached hydrogen (secondary N) is 1. The van der Waals surface area contributed by atoms with Gasteiger partial charge in [-0.25, -0.2) is 9.37 Å². The molecule has 0 saturated carbocycles. The number of fused-ring (bicyclic) bond motifs is 2. The molecule has 5 rings (SSSR count). The minimum Gasteiger partial charge on any atom is -0.359 e. The van der Waals surface area contributed by atoms with Gasteiger partial charge in [-0.1, -0.05) is 6.07 Å². The third-order valence-corrected chi connectivity index (χ3v) is 7.06. The van der Waals surface area contributed by atoms with Crippen LogP contribution in [-0.2, 0) is 11.2 Å². The van der Waals surface area contributed by atoms with E-state index in [1.54, 1.807) is 23.5 Å². The number of thiazole rings is 1.